The minimum absolute atomic E-state index is 0.191. The van der Waals surface area contributed by atoms with Crippen molar-refractivity contribution >= 4 is 21.9 Å². The number of aliphatic carboxylic acids is 1. The van der Waals surface area contributed by atoms with Gasteiger partial charge < -0.3 is 15.0 Å². The number of pyridine rings is 1. The molecule has 41 heavy (non-hydrogen) atoms. The number of benzene rings is 3. The van der Waals surface area contributed by atoms with Crippen LogP contribution < -0.4 is 9.92 Å². The van der Waals surface area contributed by atoms with Gasteiger partial charge in [0, 0.05) is 17.3 Å². The van der Waals surface area contributed by atoms with Crippen LogP contribution in [0, 0.1) is 5.95 Å². The number of alkyl halides is 3. The molecule has 1 aromatic heterocycles. The van der Waals surface area contributed by atoms with Crippen molar-refractivity contribution in [3.8, 4) is 16.9 Å². The van der Waals surface area contributed by atoms with E-state index in [0.717, 1.165) is 28.5 Å². The molecule has 5 rings (SSSR count). The summed E-state index contributed by atoms with van der Waals surface area (Å²) in [6.07, 6.45) is -2.69. The third kappa shape index (κ3) is 6.19. The van der Waals surface area contributed by atoms with E-state index in [1.165, 1.54) is 6.20 Å². The molecule has 1 aliphatic heterocycles. The van der Waals surface area contributed by atoms with Crippen molar-refractivity contribution in [1.82, 2.24) is 4.98 Å². The summed E-state index contributed by atoms with van der Waals surface area (Å²) in [5.41, 5.74) is 9.57. The number of aromatic nitrogens is 1. The highest BCUT2D eigenvalue weighted by Crippen LogP contribution is 2.47. The van der Waals surface area contributed by atoms with Crippen LogP contribution in [0.15, 0.2) is 96.1 Å². The molecule has 0 radical (unpaired) electrons. The first-order valence-electron chi connectivity index (χ1n) is 11.7. The summed E-state index contributed by atoms with van der Waals surface area (Å²) in [4.78, 5) is 17.6. The van der Waals surface area contributed by atoms with Crippen molar-refractivity contribution in [2.24, 2.45) is 10.7 Å². The number of carboxylic acids is 1. The minimum Gasteiger partial charge on any atom is -0.475 e. The zero-order valence-corrected chi connectivity index (χ0v) is 21.9. The highest BCUT2D eigenvalue weighted by molar-refractivity contribution is 7.86. The van der Waals surface area contributed by atoms with E-state index in [-0.39, 0.29) is 5.75 Å². The highest BCUT2D eigenvalue weighted by atomic mass is 32.2. The predicted molar refractivity (Wildman–Crippen MR) is 142 cm³/mol. The molecule has 1 atom stereocenters. The van der Waals surface area contributed by atoms with Gasteiger partial charge in [-0.15, -0.1) is 0 Å². The molecule has 0 amide bonds. The van der Waals surface area contributed by atoms with E-state index >= 15 is 0 Å². The Kier molecular flexibility index (Phi) is 7.84. The Morgan fingerprint density at radius 2 is 1.56 bits per heavy atom. The third-order valence-corrected chi connectivity index (χ3v) is 6.49. The molecule has 3 aromatic carbocycles. The first-order chi connectivity index (χ1) is 19.2. The predicted octanol–water partition coefficient (Wildman–Crippen LogP) is 4.87. The minimum atomic E-state index is -5.08. The van der Waals surface area contributed by atoms with E-state index in [2.05, 4.69) is 4.98 Å². The number of hydrogen-bond acceptors (Lipinski definition) is 7. The van der Waals surface area contributed by atoms with Crippen LogP contribution in [-0.4, -0.2) is 42.7 Å². The van der Waals surface area contributed by atoms with Gasteiger partial charge in [-0.3, -0.25) is 0 Å². The lowest BCUT2D eigenvalue weighted by molar-refractivity contribution is -0.192. The quantitative estimate of drug-likeness (QED) is 0.193. The topological polar surface area (TPSA) is 132 Å². The molecule has 0 saturated heterocycles. The Balaban J connectivity index is 0.000000493. The monoisotopic (exact) mass is 587 g/mol. The van der Waals surface area contributed by atoms with Crippen molar-refractivity contribution in [1.29, 1.82) is 0 Å². The van der Waals surface area contributed by atoms with Crippen molar-refractivity contribution in [2.45, 2.75) is 11.7 Å². The number of amidine groups is 1. The maximum atomic E-state index is 14.5. The van der Waals surface area contributed by atoms with Crippen molar-refractivity contribution in [3.05, 3.63) is 119 Å². The molecule has 212 valence electrons. The van der Waals surface area contributed by atoms with Crippen LogP contribution in [0.4, 0.5) is 17.6 Å². The molecule has 13 heteroatoms. The van der Waals surface area contributed by atoms with Gasteiger partial charge in [-0.1, -0.05) is 54.6 Å². The average Bonchev–Trinajstić information content (AvgIpc) is 3.22. The number of hydrogen-bond donors (Lipinski definition) is 2. The lowest BCUT2D eigenvalue weighted by Gasteiger charge is -2.29. The van der Waals surface area contributed by atoms with Crippen LogP contribution in [-0.2, 0) is 20.5 Å². The Morgan fingerprint density at radius 1 is 0.927 bits per heavy atom. The van der Waals surface area contributed by atoms with Crippen LogP contribution in [0.5, 0.6) is 5.75 Å². The van der Waals surface area contributed by atoms with Crippen LogP contribution in [0.3, 0.4) is 0 Å². The number of nitrogens with zero attached hydrogens (tertiary/aromatic N) is 2. The number of halogens is 4. The summed E-state index contributed by atoms with van der Waals surface area (Å²) in [6, 6.07) is 25.1. The number of nitrogens with two attached hydrogens (primary N) is 1. The molecular weight excluding hydrogens is 566 g/mol. The van der Waals surface area contributed by atoms with Gasteiger partial charge in [0.1, 0.15) is 17.1 Å². The Hall–Kier alpha value is -4.78. The molecule has 0 fully saturated rings. The second kappa shape index (κ2) is 11.0. The number of rotatable bonds is 5. The van der Waals surface area contributed by atoms with Crippen LogP contribution in [0.25, 0.3) is 11.1 Å². The largest absolute Gasteiger partial charge is 0.490 e. The number of carboxylic acid groups (broad SMARTS) is 1. The molecule has 1 unspecified atom stereocenters. The molecule has 2 heterocycles. The summed E-state index contributed by atoms with van der Waals surface area (Å²) in [7, 11) is -3.66. The maximum absolute atomic E-state index is 14.5. The fourth-order valence-electron chi connectivity index (χ4n) is 4.37. The summed E-state index contributed by atoms with van der Waals surface area (Å²) in [5, 5.41) is 7.12. The van der Waals surface area contributed by atoms with E-state index < -0.39 is 33.8 Å². The van der Waals surface area contributed by atoms with Gasteiger partial charge >= 0.3 is 22.3 Å². The second-order valence-corrected chi connectivity index (χ2v) is 10.4. The molecule has 3 N–H and O–H groups in total. The first-order valence-corrected chi connectivity index (χ1v) is 13.5. The van der Waals surface area contributed by atoms with Crippen LogP contribution >= 0.6 is 0 Å². The third-order valence-electron chi connectivity index (χ3n) is 5.99. The Labute approximate surface area is 231 Å². The van der Waals surface area contributed by atoms with Gasteiger partial charge in [-0.25, -0.2) is 14.8 Å². The van der Waals surface area contributed by atoms with Gasteiger partial charge in [-0.05, 0) is 52.6 Å². The summed E-state index contributed by atoms with van der Waals surface area (Å²) in [6.45, 7) is 0. The zero-order valence-electron chi connectivity index (χ0n) is 21.1. The number of fused-ring (bicyclic) bond motifs is 1. The van der Waals surface area contributed by atoms with E-state index in [1.54, 1.807) is 36.4 Å². The van der Waals surface area contributed by atoms with Crippen molar-refractivity contribution in [3.63, 3.8) is 0 Å². The van der Waals surface area contributed by atoms with Crippen LogP contribution in [0.2, 0.25) is 0 Å². The zero-order chi connectivity index (χ0) is 30.0. The van der Waals surface area contributed by atoms with Crippen LogP contribution in [0.1, 0.15) is 22.3 Å². The van der Waals surface area contributed by atoms with Gasteiger partial charge in [-0.2, -0.15) is 26.0 Å². The average molecular weight is 588 g/mol. The molecule has 0 spiro atoms. The van der Waals surface area contributed by atoms with Gasteiger partial charge in [0.2, 0.25) is 5.95 Å². The molecule has 0 bridgehead atoms. The normalized spacial score (nSPS) is 16.2. The maximum Gasteiger partial charge on any atom is 0.490 e. The van der Waals surface area contributed by atoms with Gasteiger partial charge in [0.15, 0.2) is 0 Å². The molecule has 4 aromatic rings. The molecule has 1 aliphatic rings. The van der Waals surface area contributed by atoms with Gasteiger partial charge in [0.05, 0.1) is 6.26 Å². The van der Waals surface area contributed by atoms with Crippen molar-refractivity contribution in [2.75, 3.05) is 6.26 Å². The van der Waals surface area contributed by atoms with E-state index in [4.69, 9.17) is 24.8 Å². The summed E-state index contributed by atoms with van der Waals surface area (Å²) in [5.74, 6) is -2.75. The first kappa shape index (κ1) is 29.2. The Morgan fingerprint density at radius 3 is 2.17 bits per heavy atom. The molecule has 0 saturated carbocycles. The van der Waals surface area contributed by atoms with E-state index in [0.29, 0.717) is 17.0 Å². The smallest absolute Gasteiger partial charge is 0.475 e. The lowest BCUT2D eigenvalue weighted by Crippen LogP contribution is -2.25. The summed E-state index contributed by atoms with van der Waals surface area (Å²) >= 11 is 0. The lowest BCUT2D eigenvalue weighted by atomic mass is 9.77. The fraction of sp³-hybridized carbons (Fsp3) is 0.107. The van der Waals surface area contributed by atoms with E-state index in [1.807, 2.05) is 48.5 Å². The Bertz CT molecular complexity index is 1740. The van der Waals surface area contributed by atoms with Crippen molar-refractivity contribution < 1.29 is 40.1 Å². The SMILES string of the molecule is CS(=O)(=O)Oc1ccc(C2(c3cccc(-c4cccnc4F)c3)N=C(N)c3ccccc32)cc1.O=C(O)C(F)(F)F. The fourth-order valence-corrected chi connectivity index (χ4v) is 4.83. The summed E-state index contributed by atoms with van der Waals surface area (Å²) < 4.78 is 74.3. The molecule has 0 aliphatic carbocycles. The number of aliphatic imine (C=N–C) groups is 1. The molecular formula is C28H21F4N3O5S. The van der Waals surface area contributed by atoms with E-state index in [9.17, 15) is 26.0 Å². The highest BCUT2D eigenvalue weighted by Gasteiger charge is 2.43. The second-order valence-electron chi connectivity index (χ2n) is 8.79. The number of carbonyl (C=O) groups is 1. The molecule has 8 nitrogen and oxygen atoms in total. The van der Waals surface area contributed by atoms with Gasteiger partial charge in [0.25, 0.3) is 0 Å². The standard InChI is InChI=1S/C26H20FN3O3S.C2HF3O2/c1-34(31,32)33-20-13-11-18(12-14-20)26(23-10-3-2-8-22(23)25(28)30-26)19-7-4-6-17(16-19)21-9-5-15-29-24(21)27;3-2(4,5)1(6)7/h2-16H,1H3,(H2,28,30);(H,6,7).